The Morgan fingerprint density at radius 2 is 1.14 bits per heavy atom. The molecule has 15 N–H and O–H groups in total. The molecule has 4 aliphatic carbocycles. The van der Waals surface area contributed by atoms with Gasteiger partial charge in [0.2, 0.25) is 0 Å². The molecule has 35 atom stereocenters. The lowest BCUT2D eigenvalue weighted by Gasteiger charge is -2.58. The van der Waals surface area contributed by atoms with E-state index in [1.807, 2.05) is 6.92 Å². The van der Waals surface area contributed by atoms with E-state index in [9.17, 15) is 76.6 Å². The van der Waals surface area contributed by atoms with Gasteiger partial charge in [-0.05, 0) is 98.7 Å². The number of methoxy groups -OCH3 is 1. The highest BCUT2D eigenvalue weighted by Crippen LogP contribution is 2.70. The molecule has 0 bridgehead atoms. The van der Waals surface area contributed by atoms with Crippen LogP contribution in [0.5, 0.6) is 0 Å². The molecule has 484 valence electrons. The minimum Gasteiger partial charge on any atom is -0.394 e. The maximum absolute atomic E-state index is 12.3. The van der Waals surface area contributed by atoms with E-state index >= 15 is 0 Å². The Bertz CT molecular complexity index is 2200. The summed E-state index contributed by atoms with van der Waals surface area (Å²) in [5, 5.41) is 159. The molecule has 27 heteroatoms. The van der Waals surface area contributed by atoms with Crippen LogP contribution in [0.2, 0.25) is 0 Å². The number of hydrogen-bond acceptors (Lipinski definition) is 27. The first kappa shape index (κ1) is 65.6. The van der Waals surface area contributed by atoms with Gasteiger partial charge in [0.1, 0.15) is 110 Å². The van der Waals surface area contributed by atoms with E-state index in [1.165, 1.54) is 12.5 Å². The van der Waals surface area contributed by atoms with Crippen molar-refractivity contribution in [3.05, 3.63) is 11.6 Å². The summed E-state index contributed by atoms with van der Waals surface area (Å²) in [5.41, 5.74) is 1.07. The molecule has 27 nitrogen and oxygen atoms in total. The smallest absolute Gasteiger partial charge is 0.187 e. The van der Waals surface area contributed by atoms with Crippen LogP contribution in [-0.2, 0) is 56.8 Å². The Hall–Kier alpha value is -1.34. The summed E-state index contributed by atoms with van der Waals surface area (Å²) in [6.07, 6.45) is -27.9. The minimum atomic E-state index is -1.80. The number of hydrogen-bond donors (Lipinski definition) is 15. The van der Waals surface area contributed by atoms with Gasteiger partial charge in [-0.1, -0.05) is 39.3 Å². The predicted molar refractivity (Wildman–Crippen MR) is 282 cm³/mol. The Morgan fingerprint density at radius 1 is 0.583 bits per heavy atom. The summed E-state index contributed by atoms with van der Waals surface area (Å²) >= 11 is 0. The lowest BCUT2D eigenvalue weighted by Crippen LogP contribution is -2.65. The van der Waals surface area contributed by atoms with Crippen molar-refractivity contribution in [2.24, 2.45) is 46.3 Å². The second-order valence-electron chi connectivity index (χ2n) is 26.4. The molecule has 10 rings (SSSR count). The zero-order valence-corrected chi connectivity index (χ0v) is 48.6. The summed E-state index contributed by atoms with van der Waals surface area (Å²) in [6.45, 7) is 8.13. The largest absolute Gasteiger partial charge is 0.394 e. The van der Waals surface area contributed by atoms with Crippen LogP contribution in [0.15, 0.2) is 11.6 Å². The van der Waals surface area contributed by atoms with Gasteiger partial charge in [0.25, 0.3) is 0 Å². The fourth-order valence-corrected chi connectivity index (χ4v) is 16.5. The molecule has 1 unspecified atom stereocenters. The third-order valence-corrected chi connectivity index (χ3v) is 21.6. The molecule has 10 aliphatic rings. The van der Waals surface area contributed by atoms with E-state index in [2.05, 4.69) is 26.8 Å². The molecule has 6 heterocycles. The van der Waals surface area contributed by atoms with E-state index in [1.54, 1.807) is 7.11 Å². The Morgan fingerprint density at radius 3 is 1.79 bits per heavy atom. The van der Waals surface area contributed by atoms with E-state index in [-0.39, 0.29) is 41.3 Å². The Kier molecular flexibility index (Phi) is 20.4. The highest BCUT2D eigenvalue weighted by atomic mass is 16.8. The highest BCUT2D eigenvalue weighted by molar-refractivity contribution is 5.26. The second kappa shape index (κ2) is 26.1. The van der Waals surface area contributed by atoms with Crippen LogP contribution in [0, 0.1) is 46.3 Å². The number of rotatable bonds is 19. The van der Waals surface area contributed by atoms with Crippen molar-refractivity contribution in [3.8, 4) is 0 Å². The Balaban J connectivity index is 0.785. The van der Waals surface area contributed by atoms with Gasteiger partial charge in [-0.25, -0.2) is 0 Å². The van der Waals surface area contributed by atoms with Crippen molar-refractivity contribution in [3.63, 3.8) is 0 Å². The zero-order valence-electron chi connectivity index (χ0n) is 48.6. The molecule has 0 aromatic heterocycles. The van der Waals surface area contributed by atoms with E-state index in [0.717, 1.165) is 32.1 Å². The molecule has 6 saturated heterocycles. The molecule has 0 spiro atoms. The summed E-state index contributed by atoms with van der Waals surface area (Å²) < 4.78 is 72.8. The zero-order chi connectivity index (χ0) is 60.6. The molecule has 3 saturated carbocycles. The quantitative estimate of drug-likeness (QED) is 0.0550. The maximum atomic E-state index is 12.3. The molecule has 84 heavy (non-hydrogen) atoms. The van der Waals surface area contributed by atoms with Crippen molar-refractivity contribution in [1.82, 2.24) is 0 Å². The number of ether oxygens (including phenoxy) is 12. The van der Waals surface area contributed by atoms with Gasteiger partial charge in [-0.15, -0.1) is 0 Å². The number of aliphatic hydroxyl groups excluding tert-OH is 15. The summed E-state index contributed by atoms with van der Waals surface area (Å²) in [7, 11) is 1.71. The molecule has 0 aromatic carbocycles. The lowest BCUT2D eigenvalue weighted by atomic mass is 9.47. The first-order valence-corrected chi connectivity index (χ1v) is 30.2. The van der Waals surface area contributed by atoms with Gasteiger partial charge < -0.3 is 133 Å². The normalized spacial score (nSPS) is 54.3. The topological polar surface area (TPSA) is 414 Å². The van der Waals surface area contributed by atoms with Gasteiger partial charge >= 0.3 is 0 Å². The van der Waals surface area contributed by atoms with Gasteiger partial charge in [-0.2, -0.15) is 0 Å². The highest BCUT2D eigenvalue weighted by Gasteiger charge is 2.69. The van der Waals surface area contributed by atoms with Gasteiger partial charge in [0, 0.05) is 19.4 Å². The molecular weight excluding hydrogens is 1120 g/mol. The average Bonchev–Trinajstić information content (AvgIpc) is 1.51. The van der Waals surface area contributed by atoms with E-state index in [0.29, 0.717) is 43.4 Å². The summed E-state index contributed by atoms with van der Waals surface area (Å²) in [6, 6.07) is 0. The van der Waals surface area contributed by atoms with Gasteiger partial charge in [-0.3, -0.25) is 0 Å². The lowest BCUT2D eigenvalue weighted by molar-refractivity contribution is -0.380. The molecule has 0 amide bonds. The molecular formula is C57H94O27. The minimum absolute atomic E-state index is 0.00545. The first-order valence-electron chi connectivity index (χ1n) is 30.2. The standard InChI is InChI=1S/C57H94O27/c1-22(20-74-50-44(69)41(66)37(62)31(17-58)78-50)9-14-57(73-6)23(2)35-30(84-57)16-29-27-8-7-25-15-26(10-12-55(25,4)28(27)11-13-56(29,35)5)77-54-49(83-52-46(71)40(65)36(61)24(3)76-52)47(72)48(33(19-60)80-54)82-53-43(68)39(64)34(81-53)21-75-51-45(70)42(67)38(63)32(18-59)79-51/h7,22-24,26-54,58-72H,8-21H2,1-6H3/t22-,23-,24-,26-,27+,28-,29-,30-,31+,32+,33+,34-,35-,36-,37+,38+,39-,40+,41-,42-,43+,44+,45+,46+,47-,48+,49+,50+,51+,52-,53-,54+,55-,56-,57?/m0/s1. The first-order chi connectivity index (χ1) is 39.8. The molecule has 0 radical (unpaired) electrons. The van der Waals surface area contributed by atoms with Gasteiger partial charge in [0.15, 0.2) is 37.2 Å². The maximum Gasteiger partial charge on any atom is 0.187 e. The SMILES string of the molecule is COC1(CC[C@H](C)CO[C@@H]2O[C@H](CO)[C@@H](O)[C@H](O)[C@H]2O)O[C@H]2C[C@H]3[C@@H]4CC=C5C[C@@H](O[C@@H]6O[C@H](CO)[C@@H](O[C@@H]7O[C@@H](CO[C@@H]8O[C@H](CO)[C@@H](O)[C@H](O)[C@H]8O)[C@H](O)[C@H]7O)[C@H](O)[C@H]6O[C@@H]6O[C@@H](C)[C@H](O)[C@@H](O)[C@H]6O)CC[C@]5(C)[C@H]4CC[C@]3(C)[C@H]2[C@@H]1C. The third-order valence-electron chi connectivity index (χ3n) is 21.6. The third kappa shape index (κ3) is 11.9. The number of fused-ring (bicyclic) bond motifs is 7. The van der Waals surface area contributed by atoms with Crippen molar-refractivity contribution < 1.29 is 133 Å². The van der Waals surface area contributed by atoms with Crippen molar-refractivity contribution in [2.45, 2.75) is 258 Å². The second-order valence-corrected chi connectivity index (χ2v) is 26.4. The monoisotopic (exact) mass is 1210 g/mol. The molecule has 0 aromatic rings. The molecule has 9 fully saturated rings. The van der Waals surface area contributed by atoms with Crippen LogP contribution >= 0.6 is 0 Å². The van der Waals surface area contributed by atoms with Crippen LogP contribution < -0.4 is 0 Å². The fourth-order valence-electron chi connectivity index (χ4n) is 16.5. The fraction of sp³-hybridized carbons (Fsp3) is 0.965. The van der Waals surface area contributed by atoms with Crippen LogP contribution in [0.25, 0.3) is 0 Å². The van der Waals surface area contributed by atoms with E-state index in [4.69, 9.17) is 56.8 Å². The van der Waals surface area contributed by atoms with Crippen molar-refractivity contribution in [1.29, 1.82) is 0 Å². The van der Waals surface area contributed by atoms with Gasteiger partial charge in [0.05, 0.1) is 51.3 Å². The summed E-state index contributed by atoms with van der Waals surface area (Å²) in [5.74, 6) is 0.669. The van der Waals surface area contributed by atoms with Crippen LogP contribution in [0.3, 0.4) is 0 Å². The Labute approximate surface area is 488 Å². The van der Waals surface area contributed by atoms with Crippen molar-refractivity contribution in [2.75, 3.05) is 40.1 Å². The number of aliphatic hydroxyl groups is 15. The van der Waals surface area contributed by atoms with Crippen LogP contribution in [0.1, 0.15) is 92.4 Å². The van der Waals surface area contributed by atoms with Crippen LogP contribution in [-0.4, -0.2) is 282 Å². The average molecular weight is 1210 g/mol. The van der Waals surface area contributed by atoms with Crippen LogP contribution in [0.4, 0.5) is 0 Å². The molecule has 6 aliphatic heterocycles. The van der Waals surface area contributed by atoms with Crippen molar-refractivity contribution >= 4 is 0 Å². The predicted octanol–water partition coefficient (Wildman–Crippen LogP) is -3.89. The number of allylic oxidation sites excluding steroid dienone is 1. The summed E-state index contributed by atoms with van der Waals surface area (Å²) in [4.78, 5) is 0. The van der Waals surface area contributed by atoms with E-state index < -0.39 is 186 Å².